The van der Waals surface area contributed by atoms with E-state index in [1.807, 2.05) is 18.5 Å². The van der Waals surface area contributed by atoms with Gasteiger partial charge in [0.05, 0.1) is 12.2 Å². The minimum atomic E-state index is -0.00573. The van der Waals surface area contributed by atoms with Crippen LogP contribution in [0.4, 0.5) is 5.95 Å². The number of aryl methyl sites for hydroxylation is 1. The molecule has 2 saturated heterocycles. The van der Waals surface area contributed by atoms with Gasteiger partial charge in [-0.2, -0.15) is 0 Å². The van der Waals surface area contributed by atoms with Crippen LogP contribution in [0.25, 0.3) is 0 Å². The number of piperidine rings is 1. The first-order chi connectivity index (χ1) is 12.2. The Morgan fingerprint density at radius 1 is 1.04 bits per heavy atom. The Kier molecular flexibility index (Phi) is 4.68. The molecule has 25 heavy (non-hydrogen) atoms. The van der Waals surface area contributed by atoms with Crippen LogP contribution >= 0.6 is 0 Å². The second-order valence-corrected chi connectivity index (χ2v) is 7.26. The minimum Gasteiger partial charge on any atom is -0.372 e. The minimum absolute atomic E-state index is 0.00573. The summed E-state index contributed by atoms with van der Waals surface area (Å²) < 4.78 is 6.27. The van der Waals surface area contributed by atoms with Crippen LogP contribution in [0.15, 0.2) is 42.7 Å². The Hall–Kier alpha value is -1.98. The van der Waals surface area contributed by atoms with E-state index in [-0.39, 0.29) is 5.60 Å². The van der Waals surface area contributed by atoms with Crippen LogP contribution in [-0.2, 0) is 11.3 Å². The lowest BCUT2D eigenvalue weighted by Gasteiger charge is -2.47. The van der Waals surface area contributed by atoms with Crippen molar-refractivity contribution in [1.82, 2.24) is 14.9 Å². The summed E-state index contributed by atoms with van der Waals surface area (Å²) in [7, 11) is 0. The second-order valence-electron chi connectivity index (χ2n) is 7.26. The fraction of sp³-hybridized carbons (Fsp3) is 0.500. The molecule has 0 atom stereocenters. The highest BCUT2D eigenvalue weighted by atomic mass is 16.5. The van der Waals surface area contributed by atoms with Gasteiger partial charge in [0.2, 0.25) is 5.95 Å². The van der Waals surface area contributed by atoms with Crippen LogP contribution in [-0.4, -0.2) is 53.3 Å². The van der Waals surface area contributed by atoms with Crippen LogP contribution in [0.2, 0.25) is 0 Å². The molecule has 5 heteroatoms. The summed E-state index contributed by atoms with van der Waals surface area (Å²) in [5, 5.41) is 0. The van der Waals surface area contributed by atoms with Gasteiger partial charge in [-0.3, -0.25) is 4.90 Å². The molecule has 132 valence electrons. The van der Waals surface area contributed by atoms with Crippen molar-refractivity contribution in [2.24, 2.45) is 0 Å². The standard InChI is InChI=1S/C20H26N4O/c1-17-3-5-18(6-4-17)15-23-13-14-25-20(16-23)7-11-24(12-8-20)19-21-9-2-10-22-19/h2-6,9-10H,7-8,11-16H2,1H3. The van der Waals surface area contributed by atoms with Crippen molar-refractivity contribution in [2.45, 2.75) is 31.9 Å². The van der Waals surface area contributed by atoms with Crippen molar-refractivity contribution >= 4 is 5.95 Å². The molecule has 3 heterocycles. The summed E-state index contributed by atoms with van der Waals surface area (Å²) in [5.41, 5.74) is 2.70. The van der Waals surface area contributed by atoms with Gasteiger partial charge in [0.1, 0.15) is 0 Å². The van der Waals surface area contributed by atoms with E-state index < -0.39 is 0 Å². The molecule has 0 amide bonds. The summed E-state index contributed by atoms with van der Waals surface area (Å²) in [6.45, 7) is 7.93. The Bertz CT molecular complexity index is 681. The summed E-state index contributed by atoms with van der Waals surface area (Å²) in [4.78, 5) is 13.6. The SMILES string of the molecule is Cc1ccc(CN2CCOC3(CCN(c4ncccn4)CC3)C2)cc1. The number of morpholine rings is 1. The summed E-state index contributed by atoms with van der Waals surface area (Å²) in [6.07, 6.45) is 5.70. The number of hydrogen-bond acceptors (Lipinski definition) is 5. The van der Waals surface area contributed by atoms with E-state index >= 15 is 0 Å². The maximum Gasteiger partial charge on any atom is 0.225 e. The summed E-state index contributed by atoms with van der Waals surface area (Å²) in [5.74, 6) is 0.838. The first-order valence-electron chi connectivity index (χ1n) is 9.16. The molecule has 0 unspecified atom stereocenters. The second kappa shape index (κ2) is 7.10. The smallest absolute Gasteiger partial charge is 0.225 e. The molecule has 0 radical (unpaired) electrons. The molecule has 2 aliphatic heterocycles. The molecule has 0 bridgehead atoms. The lowest BCUT2D eigenvalue weighted by Crippen LogP contribution is -2.56. The number of rotatable bonds is 3. The van der Waals surface area contributed by atoms with Gasteiger partial charge < -0.3 is 9.64 Å². The highest BCUT2D eigenvalue weighted by Crippen LogP contribution is 2.31. The molecule has 2 aromatic rings. The van der Waals surface area contributed by atoms with Gasteiger partial charge >= 0.3 is 0 Å². The molecular weight excluding hydrogens is 312 g/mol. The lowest BCUT2D eigenvalue weighted by atomic mass is 9.89. The molecule has 4 rings (SSSR count). The fourth-order valence-electron chi connectivity index (χ4n) is 3.88. The monoisotopic (exact) mass is 338 g/mol. The molecule has 1 aromatic heterocycles. The van der Waals surface area contributed by atoms with Crippen LogP contribution in [0.3, 0.4) is 0 Å². The van der Waals surface area contributed by atoms with Gasteiger partial charge in [-0.25, -0.2) is 9.97 Å². The quantitative estimate of drug-likeness (QED) is 0.861. The van der Waals surface area contributed by atoms with E-state index in [4.69, 9.17) is 4.74 Å². The highest BCUT2D eigenvalue weighted by molar-refractivity contribution is 5.30. The highest BCUT2D eigenvalue weighted by Gasteiger charge is 2.40. The first-order valence-corrected chi connectivity index (χ1v) is 9.16. The third-order valence-corrected chi connectivity index (χ3v) is 5.36. The van der Waals surface area contributed by atoms with Gasteiger partial charge in [-0.05, 0) is 31.4 Å². The Labute approximate surface area is 149 Å². The van der Waals surface area contributed by atoms with Crippen LogP contribution in [0.5, 0.6) is 0 Å². The predicted octanol–water partition coefficient (Wildman–Crippen LogP) is 2.66. The molecule has 0 saturated carbocycles. The van der Waals surface area contributed by atoms with E-state index in [1.54, 1.807) is 0 Å². The van der Waals surface area contributed by atoms with Gasteiger partial charge in [-0.15, -0.1) is 0 Å². The third-order valence-electron chi connectivity index (χ3n) is 5.36. The van der Waals surface area contributed by atoms with Crippen molar-refractivity contribution < 1.29 is 4.74 Å². The number of benzene rings is 1. The van der Waals surface area contributed by atoms with Crippen LogP contribution in [0, 0.1) is 6.92 Å². The number of hydrogen-bond donors (Lipinski definition) is 0. The van der Waals surface area contributed by atoms with Crippen molar-refractivity contribution in [3.05, 3.63) is 53.9 Å². The zero-order chi connectivity index (χ0) is 17.1. The molecular formula is C20H26N4O. The zero-order valence-corrected chi connectivity index (χ0v) is 14.9. The largest absolute Gasteiger partial charge is 0.372 e. The molecule has 5 nitrogen and oxygen atoms in total. The first kappa shape index (κ1) is 16.5. The maximum atomic E-state index is 6.27. The predicted molar refractivity (Wildman–Crippen MR) is 98.6 cm³/mol. The molecule has 2 aliphatic rings. The number of nitrogens with zero attached hydrogens (tertiary/aromatic N) is 4. The average molecular weight is 338 g/mol. The van der Waals surface area contributed by atoms with E-state index in [0.717, 1.165) is 58.1 Å². The molecule has 0 aliphatic carbocycles. The van der Waals surface area contributed by atoms with Crippen LogP contribution in [0.1, 0.15) is 24.0 Å². The van der Waals surface area contributed by atoms with E-state index in [1.165, 1.54) is 11.1 Å². The van der Waals surface area contributed by atoms with Crippen molar-refractivity contribution in [1.29, 1.82) is 0 Å². The average Bonchev–Trinajstić information content (AvgIpc) is 2.65. The summed E-state index contributed by atoms with van der Waals surface area (Å²) >= 11 is 0. The van der Waals surface area contributed by atoms with E-state index in [2.05, 4.69) is 51.0 Å². The lowest BCUT2D eigenvalue weighted by molar-refractivity contribution is -0.122. The molecule has 1 aromatic carbocycles. The third kappa shape index (κ3) is 3.83. The van der Waals surface area contributed by atoms with E-state index in [0.29, 0.717) is 0 Å². The number of aromatic nitrogens is 2. The maximum absolute atomic E-state index is 6.27. The van der Waals surface area contributed by atoms with Crippen molar-refractivity contribution in [2.75, 3.05) is 37.7 Å². The van der Waals surface area contributed by atoms with Gasteiger partial charge in [-0.1, -0.05) is 29.8 Å². The normalized spacial score (nSPS) is 20.8. The topological polar surface area (TPSA) is 41.5 Å². The molecule has 0 N–H and O–H groups in total. The zero-order valence-electron chi connectivity index (χ0n) is 14.9. The van der Waals surface area contributed by atoms with Crippen LogP contribution < -0.4 is 4.90 Å². The number of anilines is 1. The fourth-order valence-corrected chi connectivity index (χ4v) is 3.88. The Morgan fingerprint density at radius 3 is 2.48 bits per heavy atom. The molecule has 2 fully saturated rings. The molecule has 1 spiro atoms. The van der Waals surface area contributed by atoms with Gasteiger partial charge in [0, 0.05) is 45.1 Å². The van der Waals surface area contributed by atoms with Gasteiger partial charge in [0.25, 0.3) is 0 Å². The Balaban J connectivity index is 1.37. The number of ether oxygens (including phenoxy) is 1. The Morgan fingerprint density at radius 2 is 1.76 bits per heavy atom. The summed E-state index contributed by atoms with van der Waals surface area (Å²) in [6, 6.07) is 10.7. The van der Waals surface area contributed by atoms with Crippen molar-refractivity contribution in [3.8, 4) is 0 Å². The van der Waals surface area contributed by atoms with E-state index in [9.17, 15) is 0 Å². The van der Waals surface area contributed by atoms with Gasteiger partial charge in [0.15, 0.2) is 0 Å². The van der Waals surface area contributed by atoms with Crippen molar-refractivity contribution in [3.63, 3.8) is 0 Å².